The van der Waals surface area contributed by atoms with Gasteiger partial charge in [0.2, 0.25) is 0 Å². The number of hydrogen-bond donors (Lipinski definition) is 1. The lowest BCUT2D eigenvalue weighted by atomic mass is 9.79. The first-order chi connectivity index (χ1) is 11.4. The van der Waals surface area contributed by atoms with Gasteiger partial charge in [0.15, 0.2) is 0 Å². The minimum absolute atomic E-state index is 0.0433. The highest BCUT2D eigenvalue weighted by Crippen LogP contribution is 2.38. The molecule has 134 valence electrons. The Balaban J connectivity index is 2.63. The van der Waals surface area contributed by atoms with Crippen molar-refractivity contribution in [2.24, 2.45) is 4.99 Å². The van der Waals surface area contributed by atoms with Gasteiger partial charge in [-0.1, -0.05) is 76.9 Å². The predicted molar refractivity (Wildman–Crippen MR) is 109 cm³/mol. The fourth-order valence-corrected chi connectivity index (χ4v) is 3.00. The summed E-state index contributed by atoms with van der Waals surface area (Å²) >= 11 is 12.4. The molecule has 0 saturated carbocycles. The average molecular weight is 378 g/mol. The van der Waals surface area contributed by atoms with Crippen LogP contribution in [0.4, 0.5) is 5.69 Å². The van der Waals surface area contributed by atoms with E-state index in [9.17, 15) is 5.11 Å². The quantitative estimate of drug-likeness (QED) is 0.558. The van der Waals surface area contributed by atoms with Gasteiger partial charge in [-0.15, -0.1) is 0 Å². The van der Waals surface area contributed by atoms with Crippen LogP contribution in [0.5, 0.6) is 5.75 Å². The molecule has 2 rings (SSSR count). The Labute approximate surface area is 160 Å². The Hall–Kier alpha value is -1.51. The van der Waals surface area contributed by atoms with E-state index >= 15 is 0 Å². The first kappa shape index (κ1) is 19.8. The highest BCUT2D eigenvalue weighted by Gasteiger charge is 2.24. The van der Waals surface area contributed by atoms with Crippen molar-refractivity contribution in [3.05, 3.63) is 57.1 Å². The smallest absolute Gasteiger partial charge is 0.128 e. The summed E-state index contributed by atoms with van der Waals surface area (Å²) in [5, 5.41) is 11.7. The van der Waals surface area contributed by atoms with Crippen LogP contribution in [0.25, 0.3) is 0 Å². The summed E-state index contributed by atoms with van der Waals surface area (Å²) in [4.78, 5) is 4.43. The number of para-hydroxylation sites is 1. The van der Waals surface area contributed by atoms with Crippen molar-refractivity contribution in [1.82, 2.24) is 0 Å². The third-order valence-electron chi connectivity index (χ3n) is 4.08. The second-order valence-electron chi connectivity index (χ2n) is 8.29. The second-order valence-corrected chi connectivity index (χ2v) is 9.10. The summed E-state index contributed by atoms with van der Waals surface area (Å²) in [5.74, 6) is 0.243. The lowest BCUT2D eigenvalue weighted by Crippen LogP contribution is -2.17. The number of aliphatic imine (C=N–C) groups is 1. The third kappa shape index (κ3) is 4.56. The van der Waals surface area contributed by atoms with Crippen molar-refractivity contribution < 1.29 is 5.11 Å². The minimum Gasteiger partial charge on any atom is -0.507 e. The molecule has 25 heavy (non-hydrogen) atoms. The maximum Gasteiger partial charge on any atom is 0.128 e. The highest BCUT2D eigenvalue weighted by molar-refractivity contribution is 6.38. The molecule has 0 amide bonds. The molecule has 2 aromatic rings. The van der Waals surface area contributed by atoms with E-state index in [1.807, 2.05) is 6.07 Å². The van der Waals surface area contributed by atoms with Crippen LogP contribution in [-0.4, -0.2) is 11.3 Å². The number of rotatable bonds is 2. The molecule has 0 radical (unpaired) electrons. The van der Waals surface area contributed by atoms with E-state index in [2.05, 4.69) is 52.6 Å². The van der Waals surface area contributed by atoms with Crippen LogP contribution in [-0.2, 0) is 10.8 Å². The fourth-order valence-electron chi connectivity index (χ4n) is 2.51. The van der Waals surface area contributed by atoms with Gasteiger partial charge < -0.3 is 5.11 Å². The zero-order valence-electron chi connectivity index (χ0n) is 15.6. The largest absolute Gasteiger partial charge is 0.507 e. The number of hydrogen-bond acceptors (Lipinski definition) is 2. The molecule has 0 heterocycles. The zero-order chi connectivity index (χ0) is 19.0. The third-order valence-corrected chi connectivity index (χ3v) is 4.69. The maximum absolute atomic E-state index is 10.8. The standard InChI is InChI=1S/C21H25Cl2NO/c1-20(2,3)14-10-13(19(25)15(11-14)21(4,5)6)12-24-18-16(22)8-7-9-17(18)23/h7-12,25H,1-6H3/b24-12+. The SMILES string of the molecule is CC(C)(C)c1cc(/C=N/c2c(Cl)cccc2Cl)c(O)c(C(C)(C)C)c1. The summed E-state index contributed by atoms with van der Waals surface area (Å²) in [6.45, 7) is 12.7. The molecule has 0 bridgehead atoms. The molecule has 0 unspecified atom stereocenters. The van der Waals surface area contributed by atoms with Crippen LogP contribution in [0.2, 0.25) is 10.0 Å². The van der Waals surface area contributed by atoms with E-state index in [0.717, 1.165) is 11.1 Å². The van der Waals surface area contributed by atoms with Gasteiger partial charge in [-0.25, -0.2) is 0 Å². The predicted octanol–water partition coefficient (Wildman–Crippen LogP) is 7.04. The van der Waals surface area contributed by atoms with E-state index in [1.165, 1.54) is 0 Å². The zero-order valence-corrected chi connectivity index (χ0v) is 17.1. The molecule has 0 saturated heterocycles. The maximum atomic E-state index is 10.8. The first-order valence-electron chi connectivity index (χ1n) is 8.27. The number of nitrogens with zero attached hydrogens (tertiary/aromatic N) is 1. The molecular weight excluding hydrogens is 353 g/mol. The van der Waals surface area contributed by atoms with Crippen LogP contribution in [0.1, 0.15) is 58.2 Å². The van der Waals surface area contributed by atoms with Gasteiger partial charge in [0.25, 0.3) is 0 Å². The molecule has 0 atom stereocenters. The lowest BCUT2D eigenvalue weighted by molar-refractivity contribution is 0.444. The molecule has 2 aromatic carbocycles. The van der Waals surface area contributed by atoms with Crippen LogP contribution >= 0.6 is 23.2 Å². The summed E-state index contributed by atoms with van der Waals surface area (Å²) in [5.41, 5.74) is 2.97. The van der Waals surface area contributed by atoms with Gasteiger partial charge >= 0.3 is 0 Å². The van der Waals surface area contributed by atoms with Crippen LogP contribution in [0.3, 0.4) is 0 Å². The molecule has 0 aliphatic carbocycles. The first-order valence-corrected chi connectivity index (χ1v) is 9.03. The van der Waals surface area contributed by atoms with Crippen molar-refractivity contribution in [2.75, 3.05) is 0 Å². The Morgan fingerprint density at radius 3 is 1.96 bits per heavy atom. The Kier molecular flexibility index (Phi) is 5.56. The number of phenolic OH excluding ortho intramolecular Hbond substituents is 1. The molecule has 4 heteroatoms. The molecule has 2 nitrogen and oxygen atoms in total. The van der Waals surface area contributed by atoms with E-state index in [1.54, 1.807) is 24.4 Å². The summed E-state index contributed by atoms with van der Waals surface area (Å²) in [6, 6.07) is 9.31. The summed E-state index contributed by atoms with van der Waals surface area (Å²) in [7, 11) is 0. The average Bonchev–Trinajstić information content (AvgIpc) is 2.45. The van der Waals surface area contributed by atoms with E-state index in [4.69, 9.17) is 23.2 Å². The van der Waals surface area contributed by atoms with Crippen LogP contribution in [0, 0.1) is 0 Å². The highest BCUT2D eigenvalue weighted by atomic mass is 35.5. The monoisotopic (exact) mass is 377 g/mol. The fraction of sp³-hybridized carbons (Fsp3) is 0.381. The number of phenols is 1. The Bertz CT molecular complexity index is 792. The second kappa shape index (κ2) is 7.01. The van der Waals surface area contributed by atoms with Crippen LogP contribution in [0.15, 0.2) is 35.3 Å². The Morgan fingerprint density at radius 1 is 0.920 bits per heavy atom. The topological polar surface area (TPSA) is 32.6 Å². The van der Waals surface area contributed by atoms with Gasteiger partial charge in [0.05, 0.1) is 10.0 Å². The molecule has 0 fully saturated rings. The number of aromatic hydroxyl groups is 1. The van der Waals surface area contributed by atoms with Crippen molar-refractivity contribution in [2.45, 2.75) is 52.4 Å². The molecule has 0 spiro atoms. The van der Waals surface area contributed by atoms with Gasteiger partial charge in [0.1, 0.15) is 11.4 Å². The number of halogens is 2. The molecule has 0 aliphatic heterocycles. The normalized spacial score (nSPS) is 12.8. The molecule has 0 aromatic heterocycles. The van der Waals surface area contributed by atoms with Gasteiger partial charge in [0, 0.05) is 17.3 Å². The number of benzene rings is 2. The van der Waals surface area contributed by atoms with Gasteiger partial charge in [-0.05, 0) is 34.6 Å². The summed E-state index contributed by atoms with van der Waals surface area (Å²) in [6.07, 6.45) is 1.63. The van der Waals surface area contributed by atoms with Crippen molar-refractivity contribution in [3.8, 4) is 5.75 Å². The van der Waals surface area contributed by atoms with Crippen molar-refractivity contribution in [3.63, 3.8) is 0 Å². The lowest BCUT2D eigenvalue weighted by Gasteiger charge is -2.27. The van der Waals surface area contributed by atoms with Crippen molar-refractivity contribution in [1.29, 1.82) is 0 Å². The van der Waals surface area contributed by atoms with E-state index < -0.39 is 0 Å². The van der Waals surface area contributed by atoms with Gasteiger partial charge in [-0.2, -0.15) is 0 Å². The molecule has 1 N–H and O–H groups in total. The Morgan fingerprint density at radius 2 is 1.48 bits per heavy atom. The molecular formula is C21H25Cl2NO. The van der Waals surface area contributed by atoms with E-state index in [-0.39, 0.29) is 16.6 Å². The van der Waals surface area contributed by atoms with E-state index in [0.29, 0.717) is 21.3 Å². The van der Waals surface area contributed by atoms with Crippen molar-refractivity contribution >= 4 is 35.1 Å². The minimum atomic E-state index is -0.185. The van der Waals surface area contributed by atoms with Gasteiger partial charge in [-0.3, -0.25) is 4.99 Å². The summed E-state index contributed by atoms with van der Waals surface area (Å²) < 4.78 is 0. The van der Waals surface area contributed by atoms with Crippen LogP contribution < -0.4 is 0 Å². The molecule has 0 aliphatic rings.